The zero-order valence-corrected chi connectivity index (χ0v) is 48.3. The Balaban J connectivity index is 0.000000148. The molecule has 0 amide bonds. The maximum atomic E-state index is 4.30. The Hall–Kier alpha value is -8.29. The summed E-state index contributed by atoms with van der Waals surface area (Å²) < 4.78 is 3.78. The molecule has 20 heteroatoms. The normalized spacial score (nSPS) is 11.9. The van der Waals surface area contributed by atoms with Crippen LogP contribution in [-0.2, 0) is 27.1 Å². The van der Waals surface area contributed by atoms with E-state index in [1.54, 1.807) is 48.7 Å². The molecule has 2 aliphatic rings. The van der Waals surface area contributed by atoms with Crippen molar-refractivity contribution in [3.63, 3.8) is 0 Å². The van der Waals surface area contributed by atoms with Gasteiger partial charge in [0.1, 0.15) is 48.3 Å². The van der Waals surface area contributed by atoms with Crippen molar-refractivity contribution >= 4 is 45.4 Å². The molecule has 10 aromatic heterocycles. The molecule has 0 aromatic carbocycles. The number of H-pyrrole nitrogens is 3. The highest BCUT2D eigenvalue weighted by molar-refractivity contribution is 5.85. The molecule has 0 unspecified atom stereocenters. The summed E-state index contributed by atoms with van der Waals surface area (Å²) in [7, 11) is 3.89. The molecule has 1 aliphatic carbocycles. The molecule has 10 aromatic rings. The number of fused-ring (bicyclic) bond motifs is 5. The van der Waals surface area contributed by atoms with E-state index in [1.807, 2.05) is 55.7 Å². The van der Waals surface area contributed by atoms with Gasteiger partial charge in [-0.3, -0.25) is 25.0 Å². The zero-order valence-electron chi connectivity index (χ0n) is 48.3. The van der Waals surface area contributed by atoms with Gasteiger partial charge in [0.25, 0.3) is 0 Å². The van der Waals surface area contributed by atoms with E-state index in [1.165, 1.54) is 33.6 Å². The Morgan fingerprint density at radius 2 is 1.09 bits per heavy atom. The molecule has 11 heterocycles. The molecule has 0 saturated carbocycles. The lowest BCUT2D eigenvalue weighted by Gasteiger charge is -2.07. The van der Waals surface area contributed by atoms with Gasteiger partial charge in [0.15, 0.2) is 5.65 Å². The molecule has 0 radical (unpaired) electrons. The molecule has 20 nitrogen and oxygen atoms in total. The number of allylic oxidation sites excluding steroid dienone is 1. The zero-order chi connectivity index (χ0) is 56.5. The minimum absolute atomic E-state index is 0.399. The maximum Gasteiger partial charge on any atom is 0.161 e. The van der Waals surface area contributed by atoms with Crippen LogP contribution < -0.4 is 0 Å². The second-order valence-corrected chi connectivity index (χ2v) is 21.0. The average molecular weight is 1060 g/mol. The monoisotopic (exact) mass is 1050 g/mol. The smallest absolute Gasteiger partial charge is 0.161 e. The van der Waals surface area contributed by atoms with Crippen molar-refractivity contribution in [2.24, 2.45) is 19.1 Å². The third-order valence-electron chi connectivity index (χ3n) is 12.6. The first-order valence-electron chi connectivity index (χ1n) is 26.7. The van der Waals surface area contributed by atoms with Crippen molar-refractivity contribution in [1.82, 2.24) is 94.8 Å². The highest BCUT2D eigenvalue weighted by Gasteiger charge is 2.16. The predicted octanol–water partition coefficient (Wildman–Crippen LogP) is 11.8. The molecule has 0 fully saturated rings. The number of rotatable bonds is 7. The quantitative estimate of drug-likeness (QED) is 0.134. The Bertz CT molecular complexity index is 3260. The second-order valence-electron chi connectivity index (χ2n) is 21.0. The largest absolute Gasteiger partial charge is 0.335 e. The van der Waals surface area contributed by atoms with Crippen molar-refractivity contribution in [3.8, 4) is 0 Å². The van der Waals surface area contributed by atoms with Gasteiger partial charge in [0, 0.05) is 67.5 Å². The third kappa shape index (κ3) is 15.4. The lowest BCUT2D eigenvalue weighted by molar-refractivity contribution is 0.782. The summed E-state index contributed by atoms with van der Waals surface area (Å²) in [5.41, 5.74) is 16.3. The van der Waals surface area contributed by atoms with Crippen LogP contribution in [0, 0.1) is 0 Å². The maximum absolute atomic E-state index is 4.30. The number of nitrogens with zero attached hydrogens (tertiary/aromatic N) is 17. The van der Waals surface area contributed by atoms with Crippen LogP contribution in [0.3, 0.4) is 0 Å². The molecule has 3 N–H and O–H groups in total. The van der Waals surface area contributed by atoms with Gasteiger partial charge < -0.3 is 4.57 Å². The fraction of sp³-hybridized carbons (Fsp3) is 0.431. The molecular weight excluding hydrogens is 977 g/mol. The van der Waals surface area contributed by atoms with Crippen LogP contribution in [0.2, 0.25) is 0 Å². The van der Waals surface area contributed by atoms with E-state index in [2.05, 4.69) is 206 Å². The van der Waals surface area contributed by atoms with Crippen LogP contribution in [0.5, 0.6) is 0 Å². The van der Waals surface area contributed by atoms with Crippen molar-refractivity contribution in [2.75, 3.05) is 0 Å². The molecular formula is C58H78N20. The average Bonchev–Trinajstić information content (AvgIpc) is 4.30. The molecule has 0 bridgehead atoms. The number of nitrogens with one attached hydrogen (secondary N) is 3. The van der Waals surface area contributed by atoms with Gasteiger partial charge in [-0.1, -0.05) is 109 Å². The molecule has 12 rings (SSSR count). The van der Waals surface area contributed by atoms with E-state index in [0.717, 1.165) is 74.7 Å². The van der Waals surface area contributed by atoms with E-state index in [0.29, 0.717) is 41.4 Å². The van der Waals surface area contributed by atoms with Gasteiger partial charge in [0.05, 0.1) is 70.4 Å². The molecule has 0 atom stereocenters. The van der Waals surface area contributed by atoms with Gasteiger partial charge in [-0.15, -0.1) is 0 Å². The third-order valence-corrected chi connectivity index (χ3v) is 12.6. The van der Waals surface area contributed by atoms with Crippen molar-refractivity contribution in [2.45, 2.75) is 151 Å². The summed E-state index contributed by atoms with van der Waals surface area (Å²) in [5.74, 6) is 3.36. The number of aromatic amines is 3. The fourth-order valence-corrected chi connectivity index (χ4v) is 8.32. The van der Waals surface area contributed by atoms with Crippen molar-refractivity contribution in [1.29, 1.82) is 0 Å². The van der Waals surface area contributed by atoms with Crippen molar-refractivity contribution in [3.05, 3.63) is 149 Å². The summed E-state index contributed by atoms with van der Waals surface area (Å²) >= 11 is 0. The van der Waals surface area contributed by atoms with E-state index >= 15 is 0 Å². The lowest BCUT2D eigenvalue weighted by Crippen LogP contribution is -2.02. The van der Waals surface area contributed by atoms with E-state index in [9.17, 15) is 0 Å². The summed E-state index contributed by atoms with van der Waals surface area (Å²) in [6.45, 7) is 30.6. The molecule has 1 aliphatic heterocycles. The number of aryl methyl sites for hydroxylation is 2. The highest BCUT2D eigenvalue weighted by atomic mass is 15.3. The van der Waals surface area contributed by atoms with Gasteiger partial charge >= 0.3 is 0 Å². The molecule has 78 heavy (non-hydrogen) atoms. The first-order chi connectivity index (χ1) is 37.4. The van der Waals surface area contributed by atoms with Gasteiger partial charge in [-0.25, -0.2) is 49.8 Å². The standard InChI is InChI=1S/C10H13N3.C10H12N2.C9H12N4.C9H11N3.C8H10N4.2C6H10N2/c1-7(2)9-8-4-5-13(3)10(8)12-6-11-9;1-7(2)10-8-4-3-5-9(8)11-6-12-10;1-6(2)8-7-4-12-13(3)9(7)11-5-10-8;1-6(2)9-7-3-10-4-8(7)11-5-12-9;1-5(2)7-8-6(3-11-12-8)9-4-10-7;1-5(2)6-3-7-8-4-6;1-5(2)6-3-4-7-8-6/h4-7H,1-3H3;3-4,6-7H,5H2,1-2H3;4-6H,1-3H3;3,5-6H,4H2,1-2H3;3-5H,1-2H3,(H,11,12);2*3-5H,1-2H3,(H,7,8). The predicted molar refractivity (Wildman–Crippen MR) is 310 cm³/mol. The van der Waals surface area contributed by atoms with E-state index in [4.69, 9.17) is 0 Å². The van der Waals surface area contributed by atoms with Crippen LogP contribution >= 0.6 is 0 Å². The summed E-state index contributed by atoms with van der Waals surface area (Å²) in [5, 5.41) is 26.5. The van der Waals surface area contributed by atoms with Gasteiger partial charge in [-0.05, 0) is 59.1 Å². The van der Waals surface area contributed by atoms with E-state index < -0.39 is 0 Å². The van der Waals surface area contributed by atoms with Crippen molar-refractivity contribution < 1.29 is 0 Å². The lowest BCUT2D eigenvalue weighted by atomic mass is 10.0. The molecule has 0 spiro atoms. The number of hydrogen-bond acceptors (Lipinski definition) is 15. The van der Waals surface area contributed by atoms with Gasteiger partial charge in [-0.2, -0.15) is 20.4 Å². The van der Waals surface area contributed by atoms with Crippen LogP contribution in [0.15, 0.2) is 92.0 Å². The first kappa shape index (κ1) is 59.0. The van der Waals surface area contributed by atoms with Crippen LogP contribution in [-0.4, -0.2) is 101 Å². The van der Waals surface area contributed by atoms with Crippen LogP contribution in [0.4, 0.5) is 0 Å². The Kier molecular flexibility index (Phi) is 21.3. The number of hydrogen-bond donors (Lipinski definition) is 3. The second kappa shape index (κ2) is 28.2. The summed E-state index contributed by atoms with van der Waals surface area (Å²) in [4.78, 5) is 46.3. The summed E-state index contributed by atoms with van der Waals surface area (Å²) in [6.07, 6.45) is 26.3. The minimum Gasteiger partial charge on any atom is -0.335 e. The molecule has 410 valence electrons. The Labute approximate surface area is 458 Å². The Morgan fingerprint density at radius 3 is 1.67 bits per heavy atom. The fourth-order valence-electron chi connectivity index (χ4n) is 8.32. The highest BCUT2D eigenvalue weighted by Crippen LogP contribution is 2.26. The Morgan fingerprint density at radius 1 is 0.500 bits per heavy atom. The number of aliphatic imine (C=N–C) groups is 1. The topological polar surface area (TPSA) is 250 Å². The number of aromatic nitrogens is 19. The first-order valence-corrected chi connectivity index (χ1v) is 26.7. The van der Waals surface area contributed by atoms with Crippen LogP contribution in [0.1, 0.15) is 201 Å². The minimum atomic E-state index is 0.399. The van der Waals surface area contributed by atoms with Gasteiger partial charge in [0.2, 0.25) is 0 Å². The van der Waals surface area contributed by atoms with E-state index in [-0.39, 0.29) is 0 Å². The summed E-state index contributed by atoms with van der Waals surface area (Å²) in [6, 6.07) is 4.06. The van der Waals surface area contributed by atoms with Crippen LogP contribution in [0.25, 0.3) is 39.2 Å². The SMILES string of the molecule is CC(C)c1ccn[nH]1.CC(C)c1cn[nH]c1.CC(C)c1ncnc2c1C=CC2.CC(C)c1ncnc2c1C=NC2.CC(C)c1ncnc2c1ccn2C.CC(C)c1ncnc2c1cnn2C.CC(C)c1ncnc2cn[nH]c12. The molecule has 0 saturated heterocycles.